The Balaban J connectivity index is 0.00000208. The molecule has 24 heavy (non-hydrogen) atoms. The van der Waals surface area contributed by atoms with Crippen LogP contribution in [0.2, 0.25) is 0 Å². The van der Waals surface area contributed by atoms with Gasteiger partial charge >= 0.3 is 0 Å². The molecule has 1 unspecified atom stereocenters. The molecule has 130 valence electrons. The molecule has 2 aromatic rings. The molecule has 1 saturated heterocycles. The molecule has 1 atom stereocenters. The summed E-state index contributed by atoms with van der Waals surface area (Å²) in [6.45, 7) is -0.239. The van der Waals surface area contributed by atoms with E-state index in [2.05, 4.69) is 15.5 Å². The zero-order valence-corrected chi connectivity index (χ0v) is 13.8. The van der Waals surface area contributed by atoms with Gasteiger partial charge in [0, 0.05) is 13.5 Å². The van der Waals surface area contributed by atoms with Crippen LogP contribution in [0.3, 0.4) is 0 Å². The lowest BCUT2D eigenvalue weighted by Crippen LogP contribution is -2.41. The van der Waals surface area contributed by atoms with Gasteiger partial charge in [-0.3, -0.25) is 10.1 Å². The van der Waals surface area contributed by atoms with Crippen LogP contribution >= 0.6 is 12.4 Å². The zero-order valence-electron chi connectivity index (χ0n) is 13.0. The number of amides is 1. The number of halogens is 3. The largest absolute Gasteiger partial charge is 0.338 e. The molecule has 1 amide bonds. The van der Waals surface area contributed by atoms with E-state index in [1.807, 2.05) is 30.3 Å². The number of benzene rings is 1. The van der Waals surface area contributed by atoms with Crippen LogP contribution in [-0.2, 0) is 11.3 Å². The highest BCUT2D eigenvalue weighted by Gasteiger charge is 2.43. The normalized spacial score (nSPS) is 18.9. The molecule has 1 aliphatic rings. The van der Waals surface area contributed by atoms with Gasteiger partial charge in [-0.05, 0) is 12.1 Å². The van der Waals surface area contributed by atoms with E-state index in [1.54, 1.807) is 13.2 Å². The number of likely N-dealkylation sites (N-methyl/N-ethyl adjacent to an activating group) is 1. The second-order valence-electron chi connectivity index (χ2n) is 5.65. The summed E-state index contributed by atoms with van der Waals surface area (Å²) >= 11 is 0. The summed E-state index contributed by atoms with van der Waals surface area (Å²) in [5, 5.41) is 11.0. The summed E-state index contributed by atoms with van der Waals surface area (Å²) in [6.07, 6.45) is 1.10. The Morgan fingerprint density at radius 2 is 2.12 bits per heavy atom. The smallest absolute Gasteiger partial charge is 0.262 e. The predicted octanol–water partition coefficient (Wildman–Crippen LogP) is 1.64. The first kappa shape index (κ1) is 18.3. The number of carbonyl (C=O) groups excluding carboxylic acids is 1. The van der Waals surface area contributed by atoms with E-state index in [0.29, 0.717) is 5.69 Å². The Kier molecular flexibility index (Phi) is 5.51. The van der Waals surface area contributed by atoms with Crippen LogP contribution in [0.4, 0.5) is 8.78 Å². The lowest BCUT2D eigenvalue weighted by atomic mass is 10.1. The number of hydrogen-bond acceptors (Lipinski definition) is 4. The topological polar surface area (TPSA) is 63.1 Å². The molecule has 1 N–H and O–H groups in total. The van der Waals surface area contributed by atoms with E-state index in [-0.39, 0.29) is 24.9 Å². The van der Waals surface area contributed by atoms with Gasteiger partial charge in [0.25, 0.3) is 5.92 Å². The van der Waals surface area contributed by atoms with E-state index in [1.165, 1.54) is 9.70 Å². The predicted molar refractivity (Wildman–Crippen MR) is 86.4 cm³/mol. The molecule has 1 aromatic carbocycles. The Hall–Kier alpha value is -2.06. The Morgan fingerprint density at radius 3 is 2.75 bits per heavy atom. The van der Waals surface area contributed by atoms with Crippen LogP contribution < -0.4 is 5.32 Å². The molecular formula is C15H18ClF2N5O. The van der Waals surface area contributed by atoms with Crippen LogP contribution in [0.25, 0.3) is 5.69 Å². The quantitative estimate of drug-likeness (QED) is 0.903. The van der Waals surface area contributed by atoms with E-state index in [0.717, 1.165) is 5.69 Å². The number of alkyl halides is 2. The highest BCUT2D eigenvalue weighted by molar-refractivity contribution is 5.85. The Bertz CT molecular complexity index is 694. The molecule has 0 spiro atoms. The molecule has 1 aromatic heterocycles. The highest BCUT2D eigenvalue weighted by Crippen LogP contribution is 2.26. The lowest BCUT2D eigenvalue weighted by molar-refractivity contribution is -0.133. The second-order valence-corrected chi connectivity index (χ2v) is 5.65. The van der Waals surface area contributed by atoms with Gasteiger partial charge in [-0.2, -0.15) is 15.0 Å². The van der Waals surface area contributed by atoms with Gasteiger partial charge in [-0.15, -0.1) is 12.4 Å². The van der Waals surface area contributed by atoms with Crippen molar-refractivity contribution in [2.45, 2.75) is 24.9 Å². The number of aromatic nitrogens is 3. The van der Waals surface area contributed by atoms with Crippen LogP contribution in [-0.4, -0.2) is 51.4 Å². The van der Waals surface area contributed by atoms with Crippen molar-refractivity contribution in [1.29, 1.82) is 0 Å². The van der Waals surface area contributed by atoms with Gasteiger partial charge in [0.05, 0.1) is 31.0 Å². The van der Waals surface area contributed by atoms with Gasteiger partial charge in [0.1, 0.15) is 5.69 Å². The first-order valence-electron chi connectivity index (χ1n) is 7.27. The molecule has 0 bridgehead atoms. The van der Waals surface area contributed by atoms with E-state index >= 15 is 0 Å². The maximum absolute atomic E-state index is 13.2. The fourth-order valence-corrected chi connectivity index (χ4v) is 2.53. The maximum atomic E-state index is 13.2. The van der Waals surface area contributed by atoms with Crippen LogP contribution in [0.1, 0.15) is 12.1 Å². The van der Waals surface area contributed by atoms with Crippen molar-refractivity contribution in [3.8, 4) is 5.69 Å². The van der Waals surface area contributed by atoms with Gasteiger partial charge in [-0.25, -0.2) is 8.78 Å². The molecule has 1 fully saturated rings. The number of carbonyl (C=O) groups is 1. The van der Waals surface area contributed by atoms with Crippen molar-refractivity contribution < 1.29 is 13.6 Å². The number of hydrogen-bond donors (Lipinski definition) is 1. The number of nitrogens with one attached hydrogen (secondary N) is 1. The first-order chi connectivity index (χ1) is 10.9. The van der Waals surface area contributed by atoms with Gasteiger partial charge in [-0.1, -0.05) is 18.2 Å². The minimum absolute atomic E-state index is 0. The standard InChI is InChI=1S/C15H17F2N5O.ClH/c1-21(14(23)13-7-15(16,17)10-18-13)9-11-8-19-22(20-11)12-5-3-2-4-6-12;/h2-6,8,13,18H,7,9-10H2,1H3;1H. The second kappa shape index (κ2) is 7.23. The van der Waals surface area contributed by atoms with Crippen LogP contribution in [0, 0.1) is 0 Å². The fourth-order valence-electron chi connectivity index (χ4n) is 2.53. The molecule has 9 heteroatoms. The molecular weight excluding hydrogens is 340 g/mol. The molecule has 2 heterocycles. The zero-order chi connectivity index (χ0) is 16.4. The third-order valence-electron chi connectivity index (χ3n) is 3.71. The van der Waals surface area contributed by atoms with Crippen molar-refractivity contribution in [3.63, 3.8) is 0 Å². The van der Waals surface area contributed by atoms with Gasteiger partial charge in [0.15, 0.2) is 0 Å². The molecule has 0 aliphatic carbocycles. The molecule has 1 aliphatic heterocycles. The lowest BCUT2D eigenvalue weighted by Gasteiger charge is -2.19. The monoisotopic (exact) mass is 357 g/mol. The number of nitrogens with zero attached hydrogens (tertiary/aromatic N) is 4. The van der Waals surface area contributed by atoms with E-state index < -0.39 is 24.9 Å². The summed E-state index contributed by atoms with van der Waals surface area (Å²) < 4.78 is 26.4. The molecule has 3 rings (SSSR count). The molecule has 0 radical (unpaired) electrons. The first-order valence-corrected chi connectivity index (χ1v) is 7.27. The fraction of sp³-hybridized carbons (Fsp3) is 0.400. The summed E-state index contributed by atoms with van der Waals surface area (Å²) in [7, 11) is 1.57. The minimum atomic E-state index is -2.82. The van der Waals surface area contributed by atoms with Gasteiger partial charge < -0.3 is 4.90 Å². The van der Waals surface area contributed by atoms with Crippen molar-refractivity contribution in [2.24, 2.45) is 0 Å². The Labute approximate surface area is 144 Å². The van der Waals surface area contributed by atoms with Crippen LogP contribution in [0.15, 0.2) is 36.5 Å². The maximum Gasteiger partial charge on any atom is 0.262 e. The average molecular weight is 358 g/mol. The minimum Gasteiger partial charge on any atom is -0.338 e. The number of rotatable bonds is 4. The average Bonchev–Trinajstić information content (AvgIpc) is 3.14. The van der Waals surface area contributed by atoms with Crippen molar-refractivity contribution in [2.75, 3.05) is 13.6 Å². The number of para-hydroxylation sites is 1. The SMILES string of the molecule is CN(Cc1cnn(-c2ccccc2)n1)C(=O)C1CC(F)(F)CN1.Cl. The van der Waals surface area contributed by atoms with E-state index in [9.17, 15) is 13.6 Å². The summed E-state index contributed by atoms with van der Waals surface area (Å²) in [5.41, 5.74) is 1.40. The van der Waals surface area contributed by atoms with Gasteiger partial charge in [0.2, 0.25) is 5.91 Å². The van der Waals surface area contributed by atoms with Crippen molar-refractivity contribution in [1.82, 2.24) is 25.2 Å². The van der Waals surface area contributed by atoms with Crippen molar-refractivity contribution >= 4 is 18.3 Å². The third-order valence-corrected chi connectivity index (χ3v) is 3.71. The van der Waals surface area contributed by atoms with E-state index in [4.69, 9.17) is 0 Å². The van der Waals surface area contributed by atoms with Crippen LogP contribution in [0.5, 0.6) is 0 Å². The Morgan fingerprint density at radius 1 is 1.42 bits per heavy atom. The summed E-state index contributed by atoms with van der Waals surface area (Å²) in [5.74, 6) is -3.19. The van der Waals surface area contributed by atoms with Crippen molar-refractivity contribution in [3.05, 3.63) is 42.2 Å². The summed E-state index contributed by atoms with van der Waals surface area (Å²) in [4.78, 5) is 15.0. The molecule has 0 saturated carbocycles. The third kappa shape index (κ3) is 4.07. The summed E-state index contributed by atoms with van der Waals surface area (Å²) in [6, 6.07) is 8.52. The molecule has 6 nitrogen and oxygen atoms in total. The highest BCUT2D eigenvalue weighted by atomic mass is 35.5.